The van der Waals surface area contributed by atoms with E-state index >= 15 is 0 Å². The molecule has 0 heterocycles. The molecule has 0 aliphatic rings. The summed E-state index contributed by atoms with van der Waals surface area (Å²) in [4.78, 5) is 0. The Morgan fingerprint density at radius 2 is 2.08 bits per heavy atom. The molecule has 0 aliphatic heterocycles. The number of rotatable bonds is 8. The summed E-state index contributed by atoms with van der Waals surface area (Å²) in [5, 5.41) is 3.48. The van der Waals surface area contributed by atoms with Gasteiger partial charge in [-0.25, -0.2) is 0 Å². The van der Waals surface area contributed by atoms with E-state index in [1.807, 2.05) is 11.8 Å². The van der Waals surface area contributed by atoms with Crippen LogP contribution in [0, 0.1) is 5.92 Å². The van der Waals surface area contributed by atoms with Gasteiger partial charge in [-0.1, -0.05) is 20.8 Å². The van der Waals surface area contributed by atoms with Crippen molar-refractivity contribution >= 4 is 23.4 Å². The zero-order chi connectivity index (χ0) is 10.1. The largest absolute Gasteiger partial charge is 0.313 e. The SMILES string of the molecule is CCSCCCNC(CCl)C(C)C. The molecule has 0 saturated heterocycles. The van der Waals surface area contributed by atoms with Crippen LogP contribution in [0.1, 0.15) is 27.2 Å². The lowest BCUT2D eigenvalue weighted by atomic mass is 10.1. The predicted molar refractivity (Wildman–Crippen MR) is 65.0 cm³/mol. The first kappa shape index (κ1) is 13.6. The molecule has 0 saturated carbocycles. The maximum Gasteiger partial charge on any atom is 0.0379 e. The van der Waals surface area contributed by atoms with E-state index in [1.54, 1.807) is 0 Å². The summed E-state index contributed by atoms with van der Waals surface area (Å²) >= 11 is 7.84. The highest BCUT2D eigenvalue weighted by Gasteiger charge is 2.09. The number of hydrogen-bond donors (Lipinski definition) is 1. The fourth-order valence-corrected chi connectivity index (χ4v) is 2.18. The van der Waals surface area contributed by atoms with Crippen LogP contribution in [-0.4, -0.2) is 30.0 Å². The summed E-state index contributed by atoms with van der Waals surface area (Å²) in [7, 11) is 0. The molecule has 80 valence electrons. The highest BCUT2D eigenvalue weighted by Crippen LogP contribution is 2.04. The summed E-state index contributed by atoms with van der Waals surface area (Å²) in [6.45, 7) is 7.72. The van der Waals surface area contributed by atoms with Crippen molar-refractivity contribution in [2.24, 2.45) is 5.92 Å². The van der Waals surface area contributed by atoms with Crippen molar-refractivity contribution < 1.29 is 0 Å². The van der Waals surface area contributed by atoms with E-state index in [0.717, 1.165) is 12.4 Å². The molecule has 0 aromatic carbocycles. The molecule has 0 bridgehead atoms. The predicted octanol–water partition coefficient (Wildman–Crippen LogP) is 2.98. The standard InChI is InChI=1S/C10H22ClNS/c1-4-13-7-5-6-12-10(8-11)9(2)3/h9-10,12H,4-8H2,1-3H3. The maximum atomic E-state index is 5.83. The van der Waals surface area contributed by atoms with Crippen LogP contribution < -0.4 is 5.32 Å². The van der Waals surface area contributed by atoms with Gasteiger partial charge >= 0.3 is 0 Å². The molecule has 0 rings (SSSR count). The summed E-state index contributed by atoms with van der Waals surface area (Å²) in [5.74, 6) is 3.84. The lowest BCUT2D eigenvalue weighted by molar-refractivity contribution is 0.432. The molecule has 0 amide bonds. The molecule has 13 heavy (non-hydrogen) atoms. The minimum atomic E-state index is 0.480. The average Bonchev–Trinajstić information content (AvgIpc) is 2.10. The van der Waals surface area contributed by atoms with Gasteiger partial charge in [0.25, 0.3) is 0 Å². The van der Waals surface area contributed by atoms with Crippen LogP contribution in [0.2, 0.25) is 0 Å². The smallest absolute Gasteiger partial charge is 0.0379 e. The van der Waals surface area contributed by atoms with Gasteiger partial charge in [0.2, 0.25) is 0 Å². The third-order valence-electron chi connectivity index (χ3n) is 2.05. The van der Waals surface area contributed by atoms with Gasteiger partial charge in [-0.15, -0.1) is 11.6 Å². The number of thioether (sulfide) groups is 1. The van der Waals surface area contributed by atoms with Gasteiger partial charge in [0, 0.05) is 11.9 Å². The Balaban J connectivity index is 3.28. The normalized spacial score (nSPS) is 13.6. The molecule has 0 aromatic heterocycles. The van der Waals surface area contributed by atoms with Crippen molar-refractivity contribution in [3.63, 3.8) is 0 Å². The van der Waals surface area contributed by atoms with Gasteiger partial charge in [-0.2, -0.15) is 11.8 Å². The molecule has 1 atom stereocenters. The van der Waals surface area contributed by atoms with Crippen molar-refractivity contribution in [2.75, 3.05) is 23.9 Å². The van der Waals surface area contributed by atoms with Crippen LogP contribution in [0.4, 0.5) is 0 Å². The minimum Gasteiger partial charge on any atom is -0.313 e. The van der Waals surface area contributed by atoms with Gasteiger partial charge in [0.05, 0.1) is 0 Å². The van der Waals surface area contributed by atoms with E-state index in [1.165, 1.54) is 17.9 Å². The summed E-state index contributed by atoms with van der Waals surface area (Å²) in [6, 6.07) is 0.480. The third kappa shape index (κ3) is 7.65. The fourth-order valence-electron chi connectivity index (χ4n) is 1.07. The number of nitrogens with one attached hydrogen (secondary N) is 1. The van der Waals surface area contributed by atoms with Crippen LogP contribution in [0.3, 0.4) is 0 Å². The third-order valence-corrected chi connectivity index (χ3v) is 3.37. The molecule has 1 nitrogen and oxygen atoms in total. The molecule has 0 radical (unpaired) electrons. The molecule has 1 unspecified atom stereocenters. The van der Waals surface area contributed by atoms with E-state index in [9.17, 15) is 0 Å². The Hall–Kier alpha value is 0.600. The molecule has 0 aliphatic carbocycles. The van der Waals surface area contributed by atoms with Crippen LogP contribution in [0.15, 0.2) is 0 Å². The van der Waals surface area contributed by atoms with Crippen LogP contribution in [-0.2, 0) is 0 Å². The number of alkyl halides is 1. The lowest BCUT2D eigenvalue weighted by Gasteiger charge is -2.19. The second kappa shape index (κ2) is 9.17. The van der Waals surface area contributed by atoms with Gasteiger partial charge in [0.1, 0.15) is 0 Å². The van der Waals surface area contributed by atoms with Crippen LogP contribution >= 0.6 is 23.4 Å². The molecule has 1 N–H and O–H groups in total. The molecular formula is C10H22ClNS. The lowest BCUT2D eigenvalue weighted by Crippen LogP contribution is -2.36. The van der Waals surface area contributed by atoms with Crippen molar-refractivity contribution in [1.29, 1.82) is 0 Å². The summed E-state index contributed by atoms with van der Waals surface area (Å²) in [5.41, 5.74) is 0. The van der Waals surface area contributed by atoms with Crippen molar-refractivity contribution in [3.8, 4) is 0 Å². The first-order valence-electron chi connectivity index (χ1n) is 5.09. The van der Waals surface area contributed by atoms with Crippen LogP contribution in [0.5, 0.6) is 0 Å². The van der Waals surface area contributed by atoms with Crippen molar-refractivity contribution in [2.45, 2.75) is 33.2 Å². The first-order valence-corrected chi connectivity index (χ1v) is 6.78. The Kier molecular flexibility index (Phi) is 9.59. The highest BCUT2D eigenvalue weighted by molar-refractivity contribution is 7.99. The van der Waals surface area contributed by atoms with E-state index in [-0.39, 0.29) is 0 Å². The fraction of sp³-hybridized carbons (Fsp3) is 1.00. The van der Waals surface area contributed by atoms with E-state index in [0.29, 0.717) is 12.0 Å². The second-order valence-corrected chi connectivity index (χ2v) is 5.21. The Labute approximate surface area is 92.0 Å². The highest BCUT2D eigenvalue weighted by atomic mass is 35.5. The summed E-state index contributed by atoms with van der Waals surface area (Å²) < 4.78 is 0. The van der Waals surface area contributed by atoms with Gasteiger partial charge in [0.15, 0.2) is 0 Å². The zero-order valence-corrected chi connectivity index (χ0v) is 10.5. The van der Waals surface area contributed by atoms with Crippen LogP contribution in [0.25, 0.3) is 0 Å². The second-order valence-electron chi connectivity index (χ2n) is 3.51. The summed E-state index contributed by atoms with van der Waals surface area (Å²) in [6.07, 6.45) is 1.25. The minimum absolute atomic E-state index is 0.480. The number of hydrogen-bond acceptors (Lipinski definition) is 2. The van der Waals surface area contributed by atoms with Gasteiger partial charge in [-0.3, -0.25) is 0 Å². The quantitative estimate of drug-likeness (QED) is 0.502. The maximum absolute atomic E-state index is 5.83. The van der Waals surface area contributed by atoms with Gasteiger partial charge in [-0.05, 0) is 30.4 Å². The zero-order valence-electron chi connectivity index (χ0n) is 8.98. The monoisotopic (exact) mass is 223 g/mol. The topological polar surface area (TPSA) is 12.0 Å². The van der Waals surface area contributed by atoms with Crippen molar-refractivity contribution in [3.05, 3.63) is 0 Å². The number of halogens is 1. The van der Waals surface area contributed by atoms with E-state index < -0.39 is 0 Å². The Bertz CT molecular complexity index is 109. The van der Waals surface area contributed by atoms with Gasteiger partial charge < -0.3 is 5.32 Å². The average molecular weight is 224 g/mol. The molecule has 0 aromatic rings. The van der Waals surface area contributed by atoms with E-state index in [2.05, 4.69) is 26.1 Å². The van der Waals surface area contributed by atoms with Crippen molar-refractivity contribution in [1.82, 2.24) is 5.32 Å². The Morgan fingerprint density at radius 3 is 2.54 bits per heavy atom. The molecular weight excluding hydrogens is 202 g/mol. The Morgan fingerprint density at radius 1 is 1.38 bits per heavy atom. The molecule has 0 fully saturated rings. The first-order chi connectivity index (χ1) is 6.22. The molecule has 0 spiro atoms. The molecule has 3 heteroatoms. The van der Waals surface area contributed by atoms with E-state index in [4.69, 9.17) is 11.6 Å².